The zero-order valence-corrected chi connectivity index (χ0v) is 13.6. The fourth-order valence-corrected chi connectivity index (χ4v) is 2.73. The average molecular weight is 290 g/mol. The predicted octanol–water partition coefficient (Wildman–Crippen LogP) is 3.70. The Kier molecular flexibility index (Phi) is 4.71. The van der Waals surface area contributed by atoms with E-state index < -0.39 is 0 Å². The van der Waals surface area contributed by atoms with Crippen molar-refractivity contribution in [3.8, 4) is 0 Å². The van der Waals surface area contributed by atoms with Crippen LogP contribution in [0.3, 0.4) is 0 Å². The quantitative estimate of drug-likeness (QED) is 0.651. The smallest absolute Gasteiger partial charge is 0.137 e. The molecule has 0 saturated carbocycles. The van der Waals surface area contributed by atoms with E-state index in [0.717, 1.165) is 22.3 Å². The maximum atomic E-state index is 6.05. The number of aryl methyl sites for hydroxylation is 1. The van der Waals surface area contributed by atoms with Crippen LogP contribution in [0.5, 0.6) is 0 Å². The third kappa shape index (κ3) is 3.28. The minimum atomic E-state index is -0.184. The molecule has 0 amide bonds. The lowest BCUT2D eigenvalue weighted by atomic mass is 9.83. The summed E-state index contributed by atoms with van der Waals surface area (Å²) in [6.45, 7) is 11.1. The summed E-state index contributed by atoms with van der Waals surface area (Å²) >= 11 is 0. The summed E-state index contributed by atoms with van der Waals surface area (Å²) in [7, 11) is 0. The molecule has 0 saturated heterocycles. The monoisotopic (exact) mass is 290 g/mol. The van der Waals surface area contributed by atoms with Gasteiger partial charge in [0.15, 0.2) is 0 Å². The lowest BCUT2D eigenvalue weighted by Gasteiger charge is -2.35. The molecule has 1 aromatic carbocycles. The second-order valence-electron chi connectivity index (χ2n) is 6.53. The Morgan fingerprint density at radius 2 is 2.05 bits per heavy atom. The van der Waals surface area contributed by atoms with Gasteiger partial charge in [-0.1, -0.05) is 39.0 Å². The maximum absolute atomic E-state index is 6.05. The molecule has 2 aromatic rings. The van der Waals surface area contributed by atoms with Gasteiger partial charge in [-0.15, -0.1) is 0 Å². The van der Waals surface area contributed by atoms with E-state index in [2.05, 4.69) is 32.3 Å². The lowest BCUT2D eigenvalue weighted by Crippen LogP contribution is -2.44. The summed E-state index contributed by atoms with van der Waals surface area (Å²) in [5.74, 6) is 6.62. The number of furan rings is 1. The van der Waals surface area contributed by atoms with E-state index in [9.17, 15) is 0 Å². The highest BCUT2D eigenvalue weighted by molar-refractivity contribution is 5.81. The molecule has 4 heteroatoms. The number of nitrogens with one attached hydrogen (secondary N) is 1. The summed E-state index contributed by atoms with van der Waals surface area (Å²) in [4.78, 5) is 0. The number of benzene rings is 1. The van der Waals surface area contributed by atoms with Crippen molar-refractivity contribution in [1.29, 1.82) is 0 Å². The SMILES string of the molecule is CCOC(C(NN)c1cc2cccc(C)c2o1)C(C)(C)C. The van der Waals surface area contributed by atoms with E-state index in [0.29, 0.717) is 6.61 Å². The topological polar surface area (TPSA) is 60.4 Å². The molecule has 4 nitrogen and oxygen atoms in total. The Morgan fingerprint density at radius 3 is 2.57 bits per heavy atom. The number of rotatable bonds is 5. The zero-order valence-electron chi connectivity index (χ0n) is 13.6. The summed E-state index contributed by atoms with van der Waals surface area (Å²) in [6.07, 6.45) is -0.0756. The molecule has 0 radical (unpaired) electrons. The highest BCUT2D eigenvalue weighted by Gasteiger charge is 2.35. The van der Waals surface area contributed by atoms with Crippen LogP contribution in [0.25, 0.3) is 11.0 Å². The fraction of sp³-hybridized carbons (Fsp3) is 0.529. The molecular formula is C17H26N2O2. The minimum absolute atomic E-state index is 0.0545. The first-order valence-corrected chi connectivity index (χ1v) is 7.45. The lowest BCUT2D eigenvalue weighted by molar-refractivity contribution is -0.0406. The van der Waals surface area contributed by atoms with Crippen LogP contribution in [-0.2, 0) is 4.74 Å². The highest BCUT2D eigenvalue weighted by atomic mass is 16.5. The van der Waals surface area contributed by atoms with Crippen LogP contribution in [0.2, 0.25) is 0 Å². The summed E-state index contributed by atoms with van der Waals surface area (Å²) in [5, 5.41) is 1.09. The normalized spacial score (nSPS) is 15.3. The molecule has 0 aliphatic heterocycles. The molecular weight excluding hydrogens is 264 g/mol. The number of fused-ring (bicyclic) bond motifs is 1. The van der Waals surface area contributed by atoms with Crippen LogP contribution in [0.4, 0.5) is 0 Å². The molecule has 0 fully saturated rings. The number of hydrazine groups is 1. The Labute approximate surface area is 126 Å². The van der Waals surface area contributed by atoms with Crippen LogP contribution < -0.4 is 11.3 Å². The molecule has 0 aliphatic carbocycles. The molecule has 1 aromatic heterocycles. The Balaban J connectivity index is 2.44. The van der Waals surface area contributed by atoms with E-state index in [1.54, 1.807) is 0 Å². The fourth-order valence-electron chi connectivity index (χ4n) is 2.73. The molecule has 116 valence electrons. The number of hydrogen-bond donors (Lipinski definition) is 2. The van der Waals surface area contributed by atoms with Crippen molar-refractivity contribution in [2.45, 2.75) is 46.8 Å². The Morgan fingerprint density at radius 1 is 1.33 bits per heavy atom. The van der Waals surface area contributed by atoms with Gasteiger partial charge in [-0.3, -0.25) is 5.84 Å². The van der Waals surface area contributed by atoms with Crippen molar-refractivity contribution >= 4 is 11.0 Å². The van der Waals surface area contributed by atoms with Crippen molar-refractivity contribution in [1.82, 2.24) is 5.43 Å². The van der Waals surface area contributed by atoms with E-state index in [1.807, 2.05) is 32.0 Å². The van der Waals surface area contributed by atoms with E-state index in [-0.39, 0.29) is 17.6 Å². The standard InChI is InChI=1S/C17H26N2O2/c1-6-20-16(17(3,4)5)14(19-18)13-10-12-9-7-8-11(2)15(12)21-13/h7-10,14,16,19H,6,18H2,1-5H3. The van der Waals surface area contributed by atoms with E-state index in [4.69, 9.17) is 15.0 Å². The van der Waals surface area contributed by atoms with E-state index >= 15 is 0 Å². The molecule has 0 bridgehead atoms. The molecule has 0 aliphatic rings. The average Bonchev–Trinajstić information content (AvgIpc) is 2.83. The first-order valence-electron chi connectivity index (χ1n) is 7.45. The van der Waals surface area contributed by atoms with Crippen LogP contribution in [-0.4, -0.2) is 12.7 Å². The number of nitrogens with two attached hydrogens (primary N) is 1. The molecule has 3 N–H and O–H groups in total. The van der Waals surface area contributed by atoms with Gasteiger partial charge in [-0.25, -0.2) is 5.43 Å². The van der Waals surface area contributed by atoms with Gasteiger partial charge in [-0.05, 0) is 30.9 Å². The Bertz CT molecular complexity index is 598. The van der Waals surface area contributed by atoms with Gasteiger partial charge in [-0.2, -0.15) is 0 Å². The second kappa shape index (κ2) is 6.18. The van der Waals surface area contributed by atoms with Crippen LogP contribution in [0, 0.1) is 12.3 Å². The van der Waals surface area contributed by atoms with Crippen molar-refractivity contribution in [3.05, 3.63) is 35.6 Å². The zero-order chi connectivity index (χ0) is 15.6. The summed E-state index contributed by atoms with van der Waals surface area (Å²) < 4.78 is 12.0. The number of para-hydroxylation sites is 1. The molecule has 0 spiro atoms. The van der Waals surface area contributed by atoms with Gasteiger partial charge >= 0.3 is 0 Å². The van der Waals surface area contributed by atoms with Gasteiger partial charge < -0.3 is 9.15 Å². The summed E-state index contributed by atoms with van der Waals surface area (Å²) in [6, 6.07) is 7.99. The minimum Gasteiger partial charge on any atom is -0.459 e. The largest absolute Gasteiger partial charge is 0.459 e. The summed E-state index contributed by atoms with van der Waals surface area (Å²) in [5.41, 5.74) is 4.85. The maximum Gasteiger partial charge on any atom is 0.137 e. The van der Waals surface area contributed by atoms with Gasteiger partial charge in [0.05, 0.1) is 6.10 Å². The first-order chi connectivity index (χ1) is 9.88. The van der Waals surface area contributed by atoms with Crippen molar-refractivity contribution in [2.75, 3.05) is 6.61 Å². The Hall–Kier alpha value is -1.36. The third-order valence-corrected chi connectivity index (χ3v) is 3.75. The molecule has 21 heavy (non-hydrogen) atoms. The highest BCUT2D eigenvalue weighted by Crippen LogP contribution is 2.35. The molecule has 2 rings (SSSR count). The van der Waals surface area contributed by atoms with Crippen LogP contribution in [0.1, 0.15) is 45.1 Å². The van der Waals surface area contributed by atoms with Gasteiger partial charge in [0.1, 0.15) is 17.4 Å². The number of ether oxygens (including phenoxy) is 1. The first kappa shape index (κ1) is 16.0. The molecule has 2 unspecified atom stereocenters. The van der Waals surface area contributed by atoms with Crippen molar-refractivity contribution in [2.24, 2.45) is 11.3 Å². The van der Waals surface area contributed by atoms with Crippen molar-refractivity contribution < 1.29 is 9.15 Å². The molecule has 1 heterocycles. The third-order valence-electron chi connectivity index (χ3n) is 3.75. The number of hydrogen-bond acceptors (Lipinski definition) is 4. The second-order valence-corrected chi connectivity index (χ2v) is 6.53. The van der Waals surface area contributed by atoms with Gasteiger partial charge in [0.2, 0.25) is 0 Å². The van der Waals surface area contributed by atoms with Crippen LogP contribution >= 0.6 is 0 Å². The van der Waals surface area contributed by atoms with Gasteiger partial charge in [0, 0.05) is 12.0 Å². The predicted molar refractivity (Wildman–Crippen MR) is 85.9 cm³/mol. The van der Waals surface area contributed by atoms with Crippen molar-refractivity contribution in [3.63, 3.8) is 0 Å². The van der Waals surface area contributed by atoms with E-state index in [1.165, 1.54) is 0 Å². The van der Waals surface area contributed by atoms with Gasteiger partial charge in [0.25, 0.3) is 0 Å². The van der Waals surface area contributed by atoms with Crippen LogP contribution in [0.15, 0.2) is 28.7 Å². The molecule has 2 atom stereocenters.